The predicted molar refractivity (Wildman–Crippen MR) is 179 cm³/mol. The second-order valence-electron chi connectivity index (χ2n) is 14.8. The van der Waals surface area contributed by atoms with Crippen molar-refractivity contribution >= 4 is 23.5 Å². The number of nitrogens with one attached hydrogen (secondary N) is 1. The van der Waals surface area contributed by atoms with E-state index in [1.54, 1.807) is 4.90 Å². The summed E-state index contributed by atoms with van der Waals surface area (Å²) in [4.78, 5) is 42.3. The van der Waals surface area contributed by atoms with Crippen molar-refractivity contribution in [3.8, 4) is 33.5 Å². The Morgan fingerprint density at radius 2 is 1.35 bits per heavy atom. The maximum Gasteiger partial charge on any atom is 0.410 e. The molecule has 0 radical (unpaired) electrons. The van der Waals surface area contributed by atoms with E-state index in [0.29, 0.717) is 13.1 Å². The van der Waals surface area contributed by atoms with Crippen molar-refractivity contribution < 1.29 is 19.1 Å². The summed E-state index contributed by atoms with van der Waals surface area (Å²) in [6.07, 6.45) is 7.69. The summed E-state index contributed by atoms with van der Waals surface area (Å²) >= 11 is 0. The lowest BCUT2D eigenvalue weighted by molar-refractivity contribution is 0.0216. The second kappa shape index (κ2) is 11.1. The number of carbonyl (C=O) groups excluding carboxylic acids is 2. The number of hydrogen-bond donors (Lipinski definition) is 1. The molecule has 4 aliphatic rings. The van der Waals surface area contributed by atoms with Crippen LogP contribution in [-0.4, -0.2) is 68.0 Å². The predicted octanol–water partition coefficient (Wildman–Crippen LogP) is 8.38. The molecule has 2 amide bonds. The number of nitrogens with zero attached hydrogens (tertiary/aromatic N) is 4. The first kappa shape index (κ1) is 30.3. The number of aromatic nitrogens is 2. The molecule has 46 heavy (non-hydrogen) atoms. The standard InChI is InChI=1S/C37H43N5O4/c1-36(2,3)45-34(43)41-15-7-9-31(41)29-19-24(20-38-29)22-11-13-25-27(17-22)26-14-12-23(18-28(25)26)30-21-39-33(40-30)32-10-8-16-42(32)35(44)46-37(4,5)6/h11-14,17-18,20-21,31-32H,7-10,15-16,19H2,1-6H3,(H,39,40)/t31-,32?/m0/s1. The fourth-order valence-electron chi connectivity index (χ4n) is 7.03. The second-order valence-corrected chi connectivity index (χ2v) is 14.8. The molecule has 3 aliphatic heterocycles. The van der Waals surface area contributed by atoms with Crippen LogP contribution in [0.3, 0.4) is 0 Å². The number of H-pyrrole nitrogens is 1. The van der Waals surface area contributed by atoms with Gasteiger partial charge in [-0.25, -0.2) is 14.6 Å². The zero-order valence-corrected chi connectivity index (χ0v) is 27.6. The normalized spacial score (nSPS) is 20.6. The molecule has 2 atom stereocenters. The fourth-order valence-corrected chi connectivity index (χ4v) is 7.03. The molecule has 240 valence electrons. The van der Waals surface area contributed by atoms with Crippen LogP contribution >= 0.6 is 0 Å². The molecule has 4 heterocycles. The van der Waals surface area contributed by atoms with Crippen LogP contribution in [0.25, 0.3) is 39.1 Å². The van der Waals surface area contributed by atoms with E-state index in [0.717, 1.165) is 54.9 Å². The van der Waals surface area contributed by atoms with Crippen molar-refractivity contribution in [2.24, 2.45) is 4.99 Å². The summed E-state index contributed by atoms with van der Waals surface area (Å²) in [6.45, 7) is 12.8. The molecule has 7 rings (SSSR count). The third kappa shape index (κ3) is 5.72. The lowest BCUT2D eigenvalue weighted by Gasteiger charge is -2.29. The molecular formula is C37H43N5O4. The number of aromatic amines is 1. The van der Waals surface area contributed by atoms with Crippen LogP contribution < -0.4 is 0 Å². The molecule has 1 aliphatic carbocycles. The Balaban J connectivity index is 1.03. The minimum absolute atomic E-state index is 0.00792. The number of benzene rings is 2. The topological polar surface area (TPSA) is 100 Å². The van der Waals surface area contributed by atoms with Gasteiger partial charge in [0.2, 0.25) is 0 Å². The Labute approximate surface area is 270 Å². The average molecular weight is 622 g/mol. The van der Waals surface area contributed by atoms with Gasteiger partial charge in [-0.15, -0.1) is 0 Å². The maximum absolute atomic E-state index is 12.8. The number of allylic oxidation sites excluding steroid dienone is 1. The first-order valence-electron chi connectivity index (χ1n) is 16.4. The van der Waals surface area contributed by atoms with Gasteiger partial charge in [0.15, 0.2) is 0 Å². The molecule has 9 heteroatoms. The highest BCUT2D eigenvalue weighted by molar-refractivity contribution is 6.07. The molecule has 1 unspecified atom stereocenters. The lowest BCUT2D eigenvalue weighted by atomic mass is 9.78. The summed E-state index contributed by atoms with van der Waals surface area (Å²) in [5, 5.41) is 0. The van der Waals surface area contributed by atoms with Crippen molar-refractivity contribution in [3.63, 3.8) is 0 Å². The summed E-state index contributed by atoms with van der Waals surface area (Å²) in [6, 6.07) is 13.1. The van der Waals surface area contributed by atoms with Crippen molar-refractivity contribution in [3.05, 3.63) is 60.2 Å². The quantitative estimate of drug-likeness (QED) is 0.247. The minimum Gasteiger partial charge on any atom is -0.444 e. The SMILES string of the molecule is CC(C)(C)OC(=O)N1CCCC1c1ncc(-c2ccc3c(c2)-c2ccc(C4=CN=C([C@@H]5CCCN5C(=O)OC(C)(C)C)C4)cc2-3)[nH]1. The molecule has 1 aromatic heterocycles. The Kier molecular flexibility index (Phi) is 7.33. The van der Waals surface area contributed by atoms with Gasteiger partial charge in [-0.1, -0.05) is 24.3 Å². The third-order valence-electron chi connectivity index (χ3n) is 9.12. The number of imidazole rings is 1. The van der Waals surface area contributed by atoms with Crippen molar-refractivity contribution in [2.75, 3.05) is 13.1 Å². The molecule has 2 aromatic carbocycles. The summed E-state index contributed by atoms with van der Waals surface area (Å²) in [5.41, 5.74) is 9.27. The first-order chi connectivity index (χ1) is 21.8. The largest absolute Gasteiger partial charge is 0.444 e. The molecule has 0 bridgehead atoms. The number of amides is 2. The van der Waals surface area contributed by atoms with Gasteiger partial charge in [-0.2, -0.15) is 0 Å². The Morgan fingerprint density at radius 1 is 0.783 bits per heavy atom. The molecule has 0 saturated carbocycles. The van der Waals surface area contributed by atoms with Gasteiger partial charge >= 0.3 is 12.2 Å². The number of hydrogen-bond acceptors (Lipinski definition) is 6. The van der Waals surface area contributed by atoms with Crippen LogP contribution in [-0.2, 0) is 9.47 Å². The molecule has 1 N–H and O–H groups in total. The van der Waals surface area contributed by atoms with Crippen LogP contribution in [0, 0.1) is 0 Å². The van der Waals surface area contributed by atoms with E-state index < -0.39 is 11.2 Å². The summed E-state index contributed by atoms with van der Waals surface area (Å²) < 4.78 is 11.3. The number of carbonyl (C=O) groups is 2. The molecule has 2 saturated heterocycles. The van der Waals surface area contributed by atoms with Gasteiger partial charge in [0, 0.05) is 37.0 Å². The molecule has 0 spiro atoms. The van der Waals surface area contributed by atoms with E-state index in [-0.39, 0.29) is 24.3 Å². The smallest absolute Gasteiger partial charge is 0.410 e. The first-order valence-corrected chi connectivity index (χ1v) is 16.4. The minimum atomic E-state index is -0.535. The number of aliphatic imine (C=N–C) groups is 1. The van der Waals surface area contributed by atoms with Gasteiger partial charge in [-0.05, 0) is 113 Å². The van der Waals surface area contributed by atoms with Gasteiger partial charge < -0.3 is 14.5 Å². The van der Waals surface area contributed by atoms with Crippen LogP contribution in [0.5, 0.6) is 0 Å². The average Bonchev–Trinajstić information content (AvgIpc) is 3.79. The summed E-state index contributed by atoms with van der Waals surface area (Å²) in [7, 11) is 0. The van der Waals surface area contributed by atoms with Gasteiger partial charge in [0.1, 0.15) is 17.0 Å². The monoisotopic (exact) mass is 621 g/mol. The van der Waals surface area contributed by atoms with Crippen molar-refractivity contribution in [1.82, 2.24) is 19.8 Å². The number of likely N-dealkylation sites (tertiary alicyclic amines) is 2. The highest BCUT2D eigenvalue weighted by Crippen LogP contribution is 2.49. The zero-order valence-electron chi connectivity index (χ0n) is 27.6. The number of fused-ring (bicyclic) bond motifs is 4. The molecule has 2 fully saturated rings. The van der Waals surface area contributed by atoms with Crippen LogP contribution in [0.15, 0.2) is 53.8 Å². The van der Waals surface area contributed by atoms with E-state index in [2.05, 4.69) is 46.4 Å². The van der Waals surface area contributed by atoms with Crippen molar-refractivity contribution in [2.45, 2.75) is 96.9 Å². The van der Waals surface area contributed by atoms with E-state index in [1.165, 1.54) is 33.4 Å². The van der Waals surface area contributed by atoms with Crippen molar-refractivity contribution in [1.29, 1.82) is 0 Å². The highest BCUT2D eigenvalue weighted by atomic mass is 16.6. The summed E-state index contributed by atoms with van der Waals surface area (Å²) in [5.74, 6) is 0.796. The maximum atomic E-state index is 12.8. The van der Waals surface area contributed by atoms with E-state index >= 15 is 0 Å². The van der Waals surface area contributed by atoms with Crippen LogP contribution in [0.4, 0.5) is 9.59 Å². The lowest BCUT2D eigenvalue weighted by Crippen LogP contribution is -2.43. The van der Waals surface area contributed by atoms with E-state index in [1.807, 2.05) is 58.8 Å². The molecule has 3 aromatic rings. The van der Waals surface area contributed by atoms with Gasteiger partial charge in [0.05, 0.1) is 24.0 Å². The van der Waals surface area contributed by atoms with E-state index in [9.17, 15) is 9.59 Å². The van der Waals surface area contributed by atoms with Gasteiger partial charge in [-0.3, -0.25) is 14.8 Å². The van der Waals surface area contributed by atoms with Crippen LogP contribution in [0.2, 0.25) is 0 Å². The Bertz CT molecular complexity index is 1770. The fraction of sp³-hybridized carbons (Fsp3) is 0.459. The highest BCUT2D eigenvalue weighted by Gasteiger charge is 2.37. The number of rotatable bonds is 4. The Morgan fingerprint density at radius 3 is 1.98 bits per heavy atom. The molecule has 9 nitrogen and oxygen atoms in total. The van der Waals surface area contributed by atoms with E-state index in [4.69, 9.17) is 14.5 Å². The van der Waals surface area contributed by atoms with Gasteiger partial charge in [0.25, 0.3) is 0 Å². The Hall–Kier alpha value is -4.40. The third-order valence-corrected chi connectivity index (χ3v) is 9.12. The zero-order chi connectivity index (χ0) is 32.4. The molecular weight excluding hydrogens is 578 g/mol. The van der Waals surface area contributed by atoms with Crippen LogP contribution in [0.1, 0.15) is 91.1 Å². The number of ether oxygens (including phenoxy) is 2.